The highest BCUT2D eigenvalue weighted by Crippen LogP contribution is 2.28. The van der Waals surface area contributed by atoms with Crippen molar-refractivity contribution in [3.63, 3.8) is 0 Å². The van der Waals surface area contributed by atoms with Crippen molar-refractivity contribution in [3.05, 3.63) is 30.1 Å². The van der Waals surface area contributed by atoms with Gasteiger partial charge in [-0.25, -0.2) is 0 Å². The molecule has 1 aliphatic rings. The second-order valence-corrected chi connectivity index (χ2v) is 3.67. The van der Waals surface area contributed by atoms with Crippen LogP contribution in [0.15, 0.2) is 24.5 Å². The normalized spacial score (nSPS) is 25.1. The Hall–Kier alpha value is -1.42. The van der Waals surface area contributed by atoms with Crippen LogP contribution in [0.5, 0.6) is 0 Å². The lowest BCUT2D eigenvalue weighted by Crippen LogP contribution is -2.22. The average molecular weight is 206 g/mol. The second-order valence-electron chi connectivity index (χ2n) is 3.67. The van der Waals surface area contributed by atoms with Crippen LogP contribution in [0.4, 0.5) is 0 Å². The van der Waals surface area contributed by atoms with Gasteiger partial charge < -0.3 is 10.1 Å². The van der Waals surface area contributed by atoms with Crippen molar-refractivity contribution in [2.24, 2.45) is 5.92 Å². The molecule has 4 heteroatoms. The summed E-state index contributed by atoms with van der Waals surface area (Å²) in [4.78, 5) is 15.5. The maximum atomic E-state index is 11.5. The van der Waals surface area contributed by atoms with Crippen molar-refractivity contribution < 1.29 is 9.53 Å². The maximum absolute atomic E-state index is 11.5. The molecule has 0 aromatic carbocycles. The Kier molecular flexibility index (Phi) is 2.97. The third kappa shape index (κ3) is 1.99. The summed E-state index contributed by atoms with van der Waals surface area (Å²) in [6, 6.07) is 3.90. The fourth-order valence-electron chi connectivity index (χ4n) is 2.04. The Morgan fingerprint density at radius 2 is 2.20 bits per heavy atom. The Bertz CT molecular complexity index is 340. The van der Waals surface area contributed by atoms with Crippen LogP contribution in [0.2, 0.25) is 0 Å². The van der Waals surface area contributed by atoms with Crippen LogP contribution >= 0.6 is 0 Å². The molecule has 2 atom stereocenters. The molecule has 2 heterocycles. The summed E-state index contributed by atoms with van der Waals surface area (Å²) in [5.74, 6) is -0.000313. The highest BCUT2D eigenvalue weighted by molar-refractivity contribution is 5.74. The van der Waals surface area contributed by atoms with E-state index < -0.39 is 0 Å². The number of pyridine rings is 1. The third-order valence-corrected chi connectivity index (χ3v) is 2.85. The predicted molar refractivity (Wildman–Crippen MR) is 55.4 cm³/mol. The SMILES string of the molecule is COC(=O)[C@@H]1CNC[C@@H]1c1ccncc1. The van der Waals surface area contributed by atoms with Gasteiger partial charge in [0.15, 0.2) is 0 Å². The summed E-state index contributed by atoms with van der Waals surface area (Å²) in [7, 11) is 1.43. The number of esters is 1. The molecule has 80 valence electrons. The van der Waals surface area contributed by atoms with E-state index in [-0.39, 0.29) is 17.8 Å². The van der Waals surface area contributed by atoms with Crippen LogP contribution in [0.1, 0.15) is 11.5 Å². The van der Waals surface area contributed by atoms with E-state index in [4.69, 9.17) is 4.74 Å². The first-order valence-corrected chi connectivity index (χ1v) is 5.01. The molecule has 0 saturated carbocycles. The van der Waals surface area contributed by atoms with Gasteiger partial charge >= 0.3 is 5.97 Å². The molecule has 2 rings (SSSR count). The number of hydrogen-bond donors (Lipinski definition) is 1. The van der Waals surface area contributed by atoms with Gasteiger partial charge in [0, 0.05) is 31.4 Å². The Balaban J connectivity index is 2.18. The van der Waals surface area contributed by atoms with Gasteiger partial charge in [-0.05, 0) is 17.7 Å². The number of hydrogen-bond acceptors (Lipinski definition) is 4. The molecule has 1 aromatic heterocycles. The zero-order chi connectivity index (χ0) is 10.7. The van der Waals surface area contributed by atoms with Gasteiger partial charge in [-0.3, -0.25) is 9.78 Å². The quantitative estimate of drug-likeness (QED) is 0.718. The van der Waals surface area contributed by atoms with E-state index in [1.54, 1.807) is 12.4 Å². The molecular weight excluding hydrogens is 192 g/mol. The van der Waals surface area contributed by atoms with E-state index in [1.807, 2.05) is 12.1 Å². The number of rotatable bonds is 2. The lowest BCUT2D eigenvalue weighted by Gasteiger charge is -2.16. The molecule has 0 radical (unpaired) electrons. The zero-order valence-corrected chi connectivity index (χ0v) is 8.64. The van der Waals surface area contributed by atoms with Crippen molar-refractivity contribution >= 4 is 5.97 Å². The van der Waals surface area contributed by atoms with E-state index in [0.29, 0.717) is 6.54 Å². The van der Waals surface area contributed by atoms with Crippen molar-refractivity contribution in [1.29, 1.82) is 0 Å². The average Bonchev–Trinajstić information content (AvgIpc) is 2.78. The lowest BCUT2D eigenvalue weighted by molar-refractivity contribution is -0.145. The highest BCUT2D eigenvalue weighted by Gasteiger charge is 2.34. The zero-order valence-electron chi connectivity index (χ0n) is 8.64. The number of ether oxygens (including phenoxy) is 1. The fourth-order valence-corrected chi connectivity index (χ4v) is 2.04. The van der Waals surface area contributed by atoms with Gasteiger partial charge in [-0.1, -0.05) is 0 Å². The summed E-state index contributed by atoms with van der Waals surface area (Å²) < 4.78 is 4.79. The van der Waals surface area contributed by atoms with Crippen LogP contribution in [-0.2, 0) is 9.53 Å². The molecule has 0 spiro atoms. The molecule has 0 bridgehead atoms. The van der Waals surface area contributed by atoms with Crippen molar-refractivity contribution in [1.82, 2.24) is 10.3 Å². The summed E-state index contributed by atoms with van der Waals surface area (Å²) in [6.07, 6.45) is 3.50. The van der Waals surface area contributed by atoms with Gasteiger partial charge in [0.1, 0.15) is 0 Å². The standard InChI is InChI=1S/C11H14N2O2/c1-15-11(14)10-7-13-6-9(10)8-2-4-12-5-3-8/h2-5,9-10,13H,6-7H2,1H3/t9-,10-/m1/s1. The van der Waals surface area contributed by atoms with E-state index in [1.165, 1.54) is 7.11 Å². The Labute approximate surface area is 88.7 Å². The van der Waals surface area contributed by atoms with Crippen molar-refractivity contribution in [2.45, 2.75) is 5.92 Å². The lowest BCUT2D eigenvalue weighted by atomic mass is 9.90. The predicted octanol–water partition coefficient (Wildman–Crippen LogP) is 0.558. The second kappa shape index (κ2) is 4.40. The van der Waals surface area contributed by atoms with Crippen LogP contribution in [-0.4, -0.2) is 31.2 Å². The summed E-state index contributed by atoms with van der Waals surface area (Å²) in [6.45, 7) is 1.52. The minimum atomic E-state index is -0.137. The smallest absolute Gasteiger partial charge is 0.310 e. The van der Waals surface area contributed by atoms with Gasteiger partial charge in [0.2, 0.25) is 0 Å². The maximum Gasteiger partial charge on any atom is 0.310 e. The number of methoxy groups -OCH3 is 1. The molecule has 4 nitrogen and oxygen atoms in total. The van der Waals surface area contributed by atoms with Crippen LogP contribution < -0.4 is 5.32 Å². The Morgan fingerprint density at radius 3 is 2.87 bits per heavy atom. The van der Waals surface area contributed by atoms with E-state index in [9.17, 15) is 4.79 Å². The van der Waals surface area contributed by atoms with E-state index >= 15 is 0 Å². The van der Waals surface area contributed by atoms with Crippen LogP contribution in [0.25, 0.3) is 0 Å². The molecule has 1 aliphatic heterocycles. The van der Waals surface area contributed by atoms with Gasteiger partial charge in [0.05, 0.1) is 13.0 Å². The molecule has 0 aliphatic carbocycles. The van der Waals surface area contributed by atoms with E-state index in [2.05, 4.69) is 10.3 Å². The van der Waals surface area contributed by atoms with E-state index in [0.717, 1.165) is 12.1 Å². The summed E-state index contributed by atoms with van der Waals surface area (Å²) >= 11 is 0. The first-order valence-electron chi connectivity index (χ1n) is 5.01. The minimum Gasteiger partial charge on any atom is -0.469 e. The number of nitrogens with zero attached hydrogens (tertiary/aromatic N) is 1. The molecule has 0 amide bonds. The first kappa shape index (κ1) is 10.1. The summed E-state index contributed by atoms with van der Waals surface area (Å²) in [5, 5.41) is 3.21. The van der Waals surface area contributed by atoms with Gasteiger partial charge in [0.25, 0.3) is 0 Å². The topological polar surface area (TPSA) is 51.2 Å². The molecule has 15 heavy (non-hydrogen) atoms. The van der Waals surface area contributed by atoms with Crippen LogP contribution in [0.3, 0.4) is 0 Å². The number of nitrogens with one attached hydrogen (secondary N) is 1. The molecule has 1 fully saturated rings. The Morgan fingerprint density at radius 1 is 1.47 bits per heavy atom. The first-order chi connectivity index (χ1) is 7.33. The highest BCUT2D eigenvalue weighted by atomic mass is 16.5. The molecule has 0 unspecified atom stereocenters. The van der Waals surface area contributed by atoms with Crippen molar-refractivity contribution in [2.75, 3.05) is 20.2 Å². The van der Waals surface area contributed by atoms with Gasteiger partial charge in [-0.15, -0.1) is 0 Å². The number of aromatic nitrogens is 1. The molecular formula is C11H14N2O2. The number of carbonyl (C=O) groups excluding carboxylic acids is 1. The summed E-state index contributed by atoms with van der Waals surface area (Å²) in [5.41, 5.74) is 1.14. The molecule has 1 aromatic rings. The monoisotopic (exact) mass is 206 g/mol. The van der Waals surface area contributed by atoms with Gasteiger partial charge in [-0.2, -0.15) is 0 Å². The fraction of sp³-hybridized carbons (Fsp3) is 0.455. The van der Waals surface area contributed by atoms with Crippen molar-refractivity contribution in [3.8, 4) is 0 Å². The van der Waals surface area contributed by atoms with Crippen LogP contribution in [0, 0.1) is 5.92 Å². The third-order valence-electron chi connectivity index (χ3n) is 2.85. The molecule has 1 N–H and O–H groups in total. The number of carbonyl (C=O) groups is 1. The molecule has 1 saturated heterocycles. The minimum absolute atomic E-state index is 0.0719. The largest absolute Gasteiger partial charge is 0.469 e.